The lowest BCUT2D eigenvalue weighted by Gasteiger charge is -2.14. The minimum Gasteiger partial charge on any atom is -0.496 e. The summed E-state index contributed by atoms with van der Waals surface area (Å²) in [6, 6.07) is 10.9. The Morgan fingerprint density at radius 2 is 1.89 bits per heavy atom. The molecule has 1 heterocycles. The number of hydrogen-bond acceptors (Lipinski definition) is 6. The summed E-state index contributed by atoms with van der Waals surface area (Å²) in [5.74, 6) is -1.56. The van der Waals surface area contributed by atoms with Gasteiger partial charge in [0.15, 0.2) is 0 Å². The number of ether oxygens (including phenoxy) is 1. The van der Waals surface area contributed by atoms with Gasteiger partial charge in [0.25, 0.3) is 17.5 Å². The first-order valence-electron chi connectivity index (χ1n) is 7.96. The van der Waals surface area contributed by atoms with Gasteiger partial charge in [0.1, 0.15) is 17.9 Å². The third-order valence-corrected chi connectivity index (χ3v) is 4.14. The number of nitrogens with one attached hydrogen (secondary N) is 1. The Kier molecular flexibility index (Phi) is 4.84. The molecule has 0 saturated carbocycles. The molecule has 0 aliphatic carbocycles. The minimum atomic E-state index is -0.852. The molecule has 138 valence electrons. The first-order valence-corrected chi connectivity index (χ1v) is 7.96. The molecular formula is C18H15N3O6. The zero-order valence-corrected chi connectivity index (χ0v) is 14.3. The molecule has 2 aromatic carbocycles. The maximum Gasteiger partial charge on any atom is 0.282 e. The van der Waals surface area contributed by atoms with Gasteiger partial charge >= 0.3 is 0 Å². The van der Waals surface area contributed by atoms with Crippen molar-refractivity contribution in [3.05, 3.63) is 69.3 Å². The number of nitro benzene ring substituents is 1. The molecule has 9 heteroatoms. The predicted molar refractivity (Wildman–Crippen MR) is 93.3 cm³/mol. The number of nitrogens with zero attached hydrogens (tertiary/aromatic N) is 2. The standard InChI is InChI=1S/C18H15N3O6/c1-27-14-8-3-2-5-11(14)9-19-15(22)10-20-17(23)12-6-4-7-13(21(25)26)16(12)18(20)24/h2-8H,9-10H2,1H3,(H,19,22). The number of nitro groups is 1. The molecular weight excluding hydrogens is 354 g/mol. The highest BCUT2D eigenvalue weighted by Crippen LogP contribution is 2.30. The van der Waals surface area contributed by atoms with Crippen molar-refractivity contribution < 1.29 is 24.0 Å². The normalized spacial score (nSPS) is 12.7. The number of imide groups is 1. The van der Waals surface area contributed by atoms with Gasteiger partial charge in [-0.1, -0.05) is 24.3 Å². The van der Waals surface area contributed by atoms with E-state index >= 15 is 0 Å². The average Bonchev–Trinajstić information content (AvgIpc) is 2.91. The molecule has 1 N–H and O–H groups in total. The molecule has 27 heavy (non-hydrogen) atoms. The van der Waals surface area contributed by atoms with E-state index in [1.54, 1.807) is 24.3 Å². The molecule has 9 nitrogen and oxygen atoms in total. The van der Waals surface area contributed by atoms with Gasteiger partial charge in [0.2, 0.25) is 5.91 Å². The summed E-state index contributed by atoms with van der Waals surface area (Å²) < 4.78 is 5.19. The SMILES string of the molecule is COc1ccccc1CNC(=O)CN1C(=O)c2cccc([N+](=O)[O-])c2C1=O. The van der Waals surface area contributed by atoms with Gasteiger partial charge < -0.3 is 10.1 Å². The van der Waals surface area contributed by atoms with Crippen molar-refractivity contribution in [2.45, 2.75) is 6.54 Å². The van der Waals surface area contributed by atoms with E-state index in [2.05, 4.69) is 5.32 Å². The Labute approximate surface area is 153 Å². The van der Waals surface area contributed by atoms with E-state index in [-0.39, 0.29) is 17.7 Å². The van der Waals surface area contributed by atoms with Gasteiger partial charge in [-0.05, 0) is 12.1 Å². The number of fused-ring (bicyclic) bond motifs is 1. The summed E-state index contributed by atoms with van der Waals surface area (Å²) in [6.45, 7) is -0.384. The monoisotopic (exact) mass is 369 g/mol. The molecule has 1 aliphatic rings. The molecule has 0 spiro atoms. The van der Waals surface area contributed by atoms with E-state index < -0.39 is 34.9 Å². The summed E-state index contributed by atoms with van der Waals surface area (Å²) >= 11 is 0. The van der Waals surface area contributed by atoms with Gasteiger partial charge in [-0.15, -0.1) is 0 Å². The summed E-state index contributed by atoms with van der Waals surface area (Å²) in [5.41, 5.74) is -0.0918. The van der Waals surface area contributed by atoms with Crippen LogP contribution in [-0.2, 0) is 11.3 Å². The average molecular weight is 369 g/mol. The molecule has 0 unspecified atom stereocenters. The van der Waals surface area contributed by atoms with E-state index in [0.717, 1.165) is 11.6 Å². The zero-order chi connectivity index (χ0) is 19.6. The molecule has 0 aromatic heterocycles. The summed E-state index contributed by atoms with van der Waals surface area (Å²) in [7, 11) is 1.51. The molecule has 1 aliphatic heterocycles. The van der Waals surface area contributed by atoms with Crippen LogP contribution in [0.5, 0.6) is 5.75 Å². The van der Waals surface area contributed by atoms with Crippen molar-refractivity contribution in [1.82, 2.24) is 10.2 Å². The van der Waals surface area contributed by atoms with Gasteiger partial charge in [-0.25, -0.2) is 0 Å². The van der Waals surface area contributed by atoms with E-state index in [9.17, 15) is 24.5 Å². The summed E-state index contributed by atoms with van der Waals surface area (Å²) in [6.07, 6.45) is 0. The lowest BCUT2D eigenvalue weighted by molar-refractivity contribution is -0.385. The fraction of sp³-hybridized carbons (Fsp3) is 0.167. The predicted octanol–water partition coefficient (Wildman–Crippen LogP) is 1.52. The molecule has 3 rings (SSSR count). The van der Waals surface area contributed by atoms with Crippen LogP contribution in [0.4, 0.5) is 5.69 Å². The lowest BCUT2D eigenvalue weighted by Crippen LogP contribution is -2.40. The third kappa shape index (κ3) is 3.34. The quantitative estimate of drug-likeness (QED) is 0.468. The van der Waals surface area contributed by atoms with Crippen LogP contribution in [0.3, 0.4) is 0 Å². The van der Waals surface area contributed by atoms with Crippen LogP contribution in [0.2, 0.25) is 0 Å². The highest BCUT2D eigenvalue weighted by atomic mass is 16.6. The Hall–Kier alpha value is -3.75. The Bertz CT molecular complexity index is 956. The first-order chi connectivity index (χ1) is 12.9. The number of carbonyl (C=O) groups is 3. The molecule has 2 aromatic rings. The number of carbonyl (C=O) groups excluding carboxylic acids is 3. The highest BCUT2D eigenvalue weighted by molar-refractivity contribution is 6.24. The topological polar surface area (TPSA) is 119 Å². The van der Waals surface area contributed by atoms with Gasteiger partial charge in [-0.2, -0.15) is 0 Å². The fourth-order valence-electron chi connectivity index (χ4n) is 2.85. The summed E-state index contributed by atoms with van der Waals surface area (Å²) in [5, 5.41) is 13.7. The van der Waals surface area contributed by atoms with Crippen LogP contribution in [0.1, 0.15) is 26.3 Å². The highest BCUT2D eigenvalue weighted by Gasteiger charge is 2.41. The molecule has 0 atom stereocenters. The minimum absolute atomic E-state index is 0.0771. The van der Waals surface area contributed by atoms with Gasteiger partial charge in [0.05, 0.1) is 17.6 Å². The van der Waals surface area contributed by atoms with Gasteiger partial charge in [0, 0.05) is 18.2 Å². The second-order valence-electron chi connectivity index (χ2n) is 5.74. The van der Waals surface area contributed by atoms with Crippen molar-refractivity contribution in [2.24, 2.45) is 0 Å². The number of hydrogen-bond donors (Lipinski definition) is 1. The van der Waals surface area contributed by atoms with Crippen LogP contribution in [-0.4, -0.2) is 41.2 Å². The number of rotatable bonds is 6. The largest absolute Gasteiger partial charge is 0.496 e. The van der Waals surface area contributed by atoms with Crippen molar-refractivity contribution >= 4 is 23.4 Å². The molecule has 3 amide bonds. The van der Waals surface area contributed by atoms with E-state index in [4.69, 9.17) is 4.74 Å². The first kappa shape index (κ1) is 18.1. The maximum atomic E-state index is 12.4. The zero-order valence-electron chi connectivity index (χ0n) is 14.3. The third-order valence-electron chi connectivity index (χ3n) is 4.14. The summed E-state index contributed by atoms with van der Waals surface area (Å²) in [4.78, 5) is 48.1. The van der Waals surface area contributed by atoms with Crippen molar-refractivity contribution in [1.29, 1.82) is 0 Å². The van der Waals surface area contributed by atoms with Gasteiger partial charge in [-0.3, -0.25) is 29.4 Å². The Balaban J connectivity index is 1.72. The smallest absolute Gasteiger partial charge is 0.282 e. The van der Waals surface area contributed by atoms with Crippen LogP contribution in [0.15, 0.2) is 42.5 Å². The van der Waals surface area contributed by atoms with E-state index in [1.165, 1.54) is 19.2 Å². The molecule has 0 bridgehead atoms. The molecule has 0 radical (unpaired) electrons. The maximum absolute atomic E-state index is 12.4. The van der Waals surface area contributed by atoms with Crippen molar-refractivity contribution in [2.75, 3.05) is 13.7 Å². The fourth-order valence-corrected chi connectivity index (χ4v) is 2.85. The van der Waals surface area contributed by atoms with Crippen molar-refractivity contribution in [3.63, 3.8) is 0 Å². The second kappa shape index (κ2) is 7.24. The second-order valence-corrected chi connectivity index (χ2v) is 5.74. The van der Waals surface area contributed by atoms with E-state index in [0.29, 0.717) is 10.6 Å². The number of benzene rings is 2. The van der Waals surface area contributed by atoms with Crippen LogP contribution >= 0.6 is 0 Å². The van der Waals surface area contributed by atoms with Crippen LogP contribution in [0, 0.1) is 10.1 Å². The van der Waals surface area contributed by atoms with Crippen LogP contribution in [0.25, 0.3) is 0 Å². The number of para-hydroxylation sites is 1. The Morgan fingerprint density at radius 3 is 2.59 bits per heavy atom. The van der Waals surface area contributed by atoms with E-state index in [1.807, 2.05) is 0 Å². The Morgan fingerprint density at radius 1 is 1.15 bits per heavy atom. The lowest BCUT2D eigenvalue weighted by atomic mass is 10.1. The number of methoxy groups -OCH3 is 1. The molecule has 0 fully saturated rings. The van der Waals surface area contributed by atoms with Crippen LogP contribution < -0.4 is 10.1 Å². The number of amides is 3. The van der Waals surface area contributed by atoms with Crippen molar-refractivity contribution in [3.8, 4) is 5.75 Å². The molecule has 0 saturated heterocycles.